The fourth-order valence-corrected chi connectivity index (χ4v) is 2.15. The highest BCUT2D eigenvalue weighted by atomic mass is 35.5. The van der Waals surface area contributed by atoms with Crippen molar-refractivity contribution >= 4 is 28.7 Å². The van der Waals surface area contributed by atoms with Crippen molar-refractivity contribution in [1.82, 2.24) is 0 Å². The highest BCUT2D eigenvalue weighted by Gasteiger charge is 2.16. The third-order valence-corrected chi connectivity index (χ3v) is 3.01. The molecule has 17 heavy (non-hydrogen) atoms. The summed E-state index contributed by atoms with van der Waals surface area (Å²) in [7, 11) is 1.17. The van der Waals surface area contributed by atoms with E-state index in [0.717, 1.165) is 0 Å². The van der Waals surface area contributed by atoms with Gasteiger partial charge in [-0.05, 0) is 23.3 Å². The zero-order valence-electron chi connectivity index (χ0n) is 8.91. The van der Waals surface area contributed by atoms with Crippen LogP contribution in [-0.4, -0.2) is 21.8 Å². The molecular weight excluding hydrogens is 271 g/mol. The van der Waals surface area contributed by atoms with Gasteiger partial charge in [-0.3, -0.25) is 0 Å². The molecule has 1 atom stereocenters. The number of halogens is 2. The second-order valence-electron chi connectivity index (χ2n) is 3.19. The topological polar surface area (TPSA) is 63.6 Å². The molecule has 1 aromatic carbocycles. The summed E-state index contributed by atoms with van der Waals surface area (Å²) in [6.45, 7) is -0.868. The number of carbonyl (C=O) groups excluding carboxylic acids is 1. The molecule has 0 spiro atoms. The molecule has 4 nitrogen and oxygen atoms in total. The fraction of sp³-hybridized carbons (Fsp3) is 0.300. The predicted molar refractivity (Wildman–Crippen MR) is 62.1 cm³/mol. The summed E-state index contributed by atoms with van der Waals surface area (Å²) in [5.74, 6) is -0.936. The minimum Gasteiger partial charge on any atom is -0.465 e. The van der Waals surface area contributed by atoms with Crippen LogP contribution < -0.4 is 0 Å². The average molecular weight is 281 g/mol. The fourth-order valence-electron chi connectivity index (χ4n) is 1.31. The molecule has 0 heterocycles. The second kappa shape index (κ2) is 6.09. The van der Waals surface area contributed by atoms with Crippen LogP contribution in [0.3, 0.4) is 0 Å². The Kier molecular flexibility index (Phi) is 5.04. The molecule has 1 aromatic rings. The van der Waals surface area contributed by atoms with Crippen LogP contribution in [0, 0.1) is 0 Å². The Labute approximate surface area is 105 Å². The van der Waals surface area contributed by atoms with Crippen molar-refractivity contribution in [3.05, 3.63) is 33.8 Å². The van der Waals surface area contributed by atoms with Crippen molar-refractivity contribution in [3.63, 3.8) is 0 Å². The lowest BCUT2D eigenvalue weighted by Gasteiger charge is -2.09. The van der Waals surface area contributed by atoms with Gasteiger partial charge < -0.3 is 9.29 Å². The van der Waals surface area contributed by atoms with Crippen LogP contribution in [0.15, 0.2) is 12.1 Å². The first-order valence-electron chi connectivity index (χ1n) is 4.52. The van der Waals surface area contributed by atoms with Gasteiger partial charge >= 0.3 is 5.97 Å². The Bertz CT molecular complexity index is 464. The summed E-state index contributed by atoms with van der Waals surface area (Å²) in [4.78, 5) is 11.4. The molecule has 0 aliphatic heterocycles. The number of benzene rings is 1. The molecule has 1 rings (SSSR count). The van der Waals surface area contributed by atoms with Gasteiger partial charge in [-0.1, -0.05) is 11.6 Å². The molecule has 0 aliphatic rings. The van der Waals surface area contributed by atoms with E-state index < -0.39 is 23.7 Å². The Balaban J connectivity index is 3.26. The van der Waals surface area contributed by atoms with Crippen molar-refractivity contribution in [2.75, 3.05) is 7.11 Å². The van der Waals surface area contributed by atoms with Gasteiger partial charge in [0.05, 0.1) is 18.4 Å². The number of hydrogen-bond acceptors (Lipinski definition) is 3. The van der Waals surface area contributed by atoms with E-state index in [-0.39, 0.29) is 21.9 Å². The molecule has 0 amide bonds. The summed E-state index contributed by atoms with van der Waals surface area (Å²) in [5, 5.41) is 0.146. The third-order valence-electron chi connectivity index (χ3n) is 2.10. The van der Waals surface area contributed by atoms with Crippen LogP contribution in [0.5, 0.6) is 0 Å². The first-order chi connectivity index (χ1) is 7.99. The average Bonchev–Trinajstić information content (AvgIpc) is 2.29. The molecule has 1 unspecified atom stereocenters. The Morgan fingerprint density at radius 1 is 1.53 bits per heavy atom. The van der Waals surface area contributed by atoms with Gasteiger partial charge in [-0.2, -0.15) is 0 Å². The molecule has 0 aliphatic carbocycles. The molecule has 0 radical (unpaired) electrons. The summed E-state index contributed by atoms with van der Waals surface area (Å²) in [5.41, 5.74) is 0.402. The summed E-state index contributed by atoms with van der Waals surface area (Å²) in [6.07, 6.45) is 0. The number of esters is 1. The van der Waals surface area contributed by atoms with E-state index in [9.17, 15) is 13.4 Å². The maximum Gasteiger partial charge on any atom is 0.338 e. The summed E-state index contributed by atoms with van der Waals surface area (Å²) in [6, 6.07) is 2.53. The molecule has 1 N–H and O–H groups in total. The van der Waals surface area contributed by atoms with Crippen LogP contribution in [0.4, 0.5) is 4.39 Å². The van der Waals surface area contributed by atoms with E-state index >= 15 is 0 Å². The number of ether oxygens (including phenoxy) is 1. The molecule has 0 fully saturated rings. The Morgan fingerprint density at radius 2 is 2.18 bits per heavy atom. The van der Waals surface area contributed by atoms with E-state index in [1.807, 2.05) is 0 Å². The third kappa shape index (κ3) is 3.49. The Morgan fingerprint density at radius 3 is 2.65 bits per heavy atom. The molecule has 0 bridgehead atoms. The maximum absolute atomic E-state index is 12.7. The van der Waals surface area contributed by atoms with Crippen molar-refractivity contribution < 1.29 is 22.7 Å². The minimum atomic E-state index is -2.09. The van der Waals surface area contributed by atoms with Crippen molar-refractivity contribution in [2.45, 2.75) is 12.4 Å². The molecule has 0 aromatic heterocycles. The monoisotopic (exact) mass is 280 g/mol. The first-order valence-corrected chi connectivity index (χ1v) is 6.18. The molecule has 7 heteroatoms. The van der Waals surface area contributed by atoms with Crippen LogP contribution in [-0.2, 0) is 28.2 Å². The van der Waals surface area contributed by atoms with E-state index in [2.05, 4.69) is 4.74 Å². The van der Waals surface area contributed by atoms with Crippen LogP contribution in [0.1, 0.15) is 21.5 Å². The predicted octanol–water partition coefficient (Wildman–Crippen LogP) is 2.32. The zero-order valence-corrected chi connectivity index (χ0v) is 10.5. The van der Waals surface area contributed by atoms with Gasteiger partial charge in [0.1, 0.15) is 6.67 Å². The van der Waals surface area contributed by atoms with E-state index in [1.165, 1.54) is 19.2 Å². The highest BCUT2D eigenvalue weighted by molar-refractivity contribution is 7.78. The number of methoxy groups -OCH3 is 1. The van der Waals surface area contributed by atoms with Crippen molar-refractivity contribution in [3.8, 4) is 0 Å². The summed E-state index contributed by atoms with van der Waals surface area (Å²) < 4.78 is 36.6. The lowest BCUT2D eigenvalue weighted by Crippen LogP contribution is -2.07. The van der Waals surface area contributed by atoms with E-state index in [1.54, 1.807) is 0 Å². The van der Waals surface area contributed by atoms with Crippen LogP contribution >= 0.6 is 11.6 Å². The number of rotatable bonds is 4. The number of alkyl halides is 1. The van der Waals surface area contributed by atoms with Gasteiger partial charge in [0.15, 0.2) is 11.1 Å². The van der Waals surface area contributed by atoms with Gasteiger partial charge in [0, 0.05) is 5.02 Å². The van der Waals surface area contributed by atoms with Crippen molar-refractivity contribution in [2.24, 2.45) is 0 Å². The lowest BCUT2D eigenvalue weighted by molar-refractivity contribution is 0.0598. The van der Waals surface area contributed by atoms with Crippen LogP contribution in [0.2, 0.25) is 5.02 Å². The first kappa shape index (κ1) is 14.1. The Hall–Kier alpha value is -0.980. The summed E-state index contributed by atoms with van der Waals surface area (Å²) >= 11 is 3.72. The quantitative estimate of drug-likeness (QED) is 0.679. The van der Waals surface area contributed by atoms with Gasteiger partial charge in [-0.15, -0.1) is 0 Å². The second-order valence-corrected chi connectivity index (χ2v) is 4.53. The van der Waals surface area contributed by atoms with E-state index in [4.69, 9.17) is 16.2 Å². The molecule has 94 valence electrons. The number of carbonyl (C=O) groups is 1. The number of hydrogen-bond donors (Lipinski definition) is 1. The van der Waals surface area contributed by atoms with E-state index in [0.29, 0.717) is 5.56 Å². The lowest BCUT2D eigenvalue weighted by atomic mass is 10.1. The smallest absolute Gasteiger partial charge is 0.338 e. The largest absolute Gasteiger partial charge is 0.465 e. The molecular formula is C10H10ClFO4S. The molecule has 0 saturated carbocycles. The maximum atomic E-state index is 12.7. The van der Waals surface area contributed by atoms with Crippen molar-refractivity contribution in [1.29, 1.82) is 0 Å². The zero-order chi connectivity index (χ0) is 13.0. The standard InChI is InChI=1S/C10H10ClFO4S/c1-16-10(13)8-2-7(5-17(14)15)9(11)3-6(8)4-12/h2-3H,4-5H2,1H3,(H,14,15). The SMILES string of the molecule is COC(=O)c1cc(CS(=O)O)c(Cl)cc1CF. The molecule has 0 saturated heterocycles. The minimum absolute atomic E-state index is 0.0138. The highest BCUT2D eigenvalue weighted by Crippen LogP contribution is 2.24. The van der Waals surface area contributed by atoms with Crippen LogP contribution in [0.25, 0.3) is 0 Å². The van der Waals surface area contributed by atoms with Gasteiger partial charge in [-0.25, -0.2) is 13.4 Å². The normalized spacial score (nSPS) is 12.2. The van der Waals surface area contributed by atoms with Gasteiger partial charge in [0.25, 0.3) is 0 Å². The van der Waals surface area contributed by atoms with Gasteiger partial charge in [0.2, 0.25) is 0 Å².